The van der Waals surface area contributed by atoms with E-state index in [-0.39, 0.29) is 17.3 Å². The van der Waals surface area contributed by atoms with E-state index in [1.54, 1.807) is 12.1 Å². The molecule has 2 aliphatic heterocycles. The predicted octanol–water partition coefficient (Wildman–Crippen LogP) is 4.57. The minimum absolute atomic E-state index is 0.0477. The highest BCUT2D eigenvalue weighted by atomic mass is 19.1. The molecule has 5 heteroatoms. The molecule has 1 amide bonds. The molecule has 0 aliphatic carbocycles. The molecule has 150 valence electrons. The summed E-state index contributed by atoms with van der Waals surface area (Å²) in [7, 11) is 0. The monoisotopic (exact) mass is 384 g/mol. The molecule has 2 saturated heterocycles. The number of fused-ring (bicyclic) bond motifs is 1. The summed E-state index contributed by atoms with van der Waals surface area (Å²) in [6.45, 7) is 7.92. The fourth-order valence-corrected chi connectivity index (χ4v) is 5.15. The Labute approximate surface area is 166 Å². The van der Waals surface area contributed by atoms with Gasteiger partial charge in [-0.25, -0.2) is 4.39 Å². The first-order valence-corrected chi connectivity index (χ1v) is 10.2. The van der Waals surface area contributed by atoms with E-state index in [4.69, 9.17) is 4.42 Å². The molecule has 4 rings (SSSR count). The van der Waals surface area contributed by atoms with Gasteiger partial charge in [0, 0.05) is 43.2 Å². The number of furan rings is 1. The number of nitrogens with zero attached hydrogens (tertiary/aromatic N) is 2. The normalized spacial score (nSPS) is 23.7. The highest BCUT2D eigenvalue weighted by Gasteiger charge is 2.48. The van der Waals surface area contributed by atoms with Crippen LogP contribution in [0.1, 0.15) is 44.6 Å². The van der Waals surface area contributed by atoms with Gasteiger partial charge in [-0.15, -0.1) is 0 Å². The van der Waals surface area contributed by atoms with Crippen LogP contribution in [0.3, 0.4) is 0 Å². The Morgan fingerprint density at radius 3 is 2.82 bits per heavy atom. The quantitative estimate of drug-likeness (QED) is 0.775. The number of rotatable bonds is 4. The highest BCUT2D eigenvalue weighted by Crippen LogP contribution is 2.44. The van der Waals surface area contributed by atoms with Crippen LogP contribution >= 0.6 is 0 Å². The second kappa shape index (κ2) is 7.26. The Hall–Kier alpha value is -2.30. The van der Waals surface area contributed by atoms with Gasteiger partial charge in [-0.1, -0.05) is 6.07 Å². The van der Waals surface area contributed by atoms with Crippen LogP contribution in [-0.4, -0.2) is 35.5 Å². The van der Waals surface area contributed by atoms with E-state index < -0.39 is 0 Å². The van der Waals surface area contributed by atoms with E-state index >= 15 is 0 Å². The van der Waals surface area contributed by atoms with Crippen LogP contribution in [0.4, 0.5) is 10.1 Å². The SMILES string of the molecule is Cc1ccc(CCC(=O)N2CC[C@H]3[C@@H](C2)CC(C)(C)N3c2cccc(F)c2)o1. The van der Waals surface area contributed by atoms with Crippen molar-refractivity contribution in [2.45, 2.75) is 58.0 Å². The number of halogens is 1. The number of aryl methyl sites for hydroxylation is 2. The number of carbonyl (C=O) groups is 1. The molecule has 0 spiro atoms. The zero-order chi connectivity index (χ0) is 19.9. The predicted molar refractivity (Wildman–Crippen MR) is 108 cm³/mol. The first-order chi connectivity index (χ1) is 13.3. The smallest absolute Gasteiger partial charge is 0.223 e. The largest absolute Gasteiger partial charge is 0.466 e. The molecule has 0 unspecified atom stereocenters. The third-order valence-corrected chi connectivity index (χ3v) is 6.26. The third-order valence-electron chi connectivity index (χ3n) is 6.26. The zero-order valence-corrected chi connectivity index (χ0v) is 17.0. The molecule has 4 nitrogen and oxygen atoms in total. The number of amides is 1. The maximum absolute atomic E-state index is 13.8. The lowest BCUT2D eigenvalue weighted by atomic mass is 9.89. The van der Waals surface area contributed by atoms with Crippen molar-refractivity contribution < 1.29 is 13.6 Å². The highest BCUT2D eigenvalue weighted by molar-refractivity contribution is 5.76. The van der Waals surface area contributed by atoms with Crippen molar-refractivity contribution in [3.8, 4) is 0 Å². The van der Waals surface area contributed by atoms with E-state index in [0.29, 0.717) is 24.8 Å². The lowest BCUT2D eigenvalue weighted by Crippen LogP contribution is -2.50. The van der Waals surface area contributed by atoms with Gasteiger partial charge < -0.3 is 14.2 Å². The Morgan fingerprint density at radius 2 is 2.11 bits per heavy atom. The van der Waals surface area contributed by atoms with Gasteiger partial charge in [-0.3, -0.25) is 4.79 Å². The van der Waals surface area contributed by atoms with Crippen molar-refractivity contribution in [1.29, 1.82) is 0 Å². The van der Waals surface area contributed by atoms with Crippen LogP contribution in [0.5, 0.6) is 0 Å². The molecule has 0 N–H and O–H groups in total. The molecule has 28 heavy (non-hydrogen) atoms. The van der Waals surface area contributed by atoms with Crippen molar-refractivity contribution in [2.24, 2.45) is 5.92 Å². The molecular formula is C23H29FN2O2. The number of piperidine rings is 1. The lowest BCUT2D eigenvalue weighted by molar-refractivity contribution is -0.133. The fourth-order valence-electron chi connectivity index (χ4n) is 5.15. The second-order valence-electron chi connectivity index (χ2n) is 8.83. The van der Waals surface area contributed by atoms with Gasteiger partial charge in [0.05, 0.1) is 0 Å². The van der Waals surface area contributed by atoms with Crippen molar-refractivity contribution in [3.05, 3.63) is 53.7 Å². The van der Waals surface area contributed by atoms with Gasteiger partial charge >= 0.3 is 0 Å². The molecule has 2 aliphatic rings. The summed E-state index contributed by atoms with van der Waals surface area (Å²) in [5.74, 6) is 2.18. The summed E-state index contributed by atoms with van der Waals surface area (Å²) >= 11 is 0. The number of carbonyl (C=O) groups excluding carboxylic acids is 1. The van der Waals surface area contributed by atoms with E-state index in [9.17, 15) is 9.18 Å². The van der Waals surface area contributed by atoms with Crippen LogP contribution in [0, 0.1) is 18.7 Å². The van der Waals surface area contributed by atoms with Crippen LogP contribution in [0.25, 0.3) is 0 Å². The van der Waals surface area contributed by atoms with E-state index in [1.807, 2.05) is 30.0 Å². The van der Waals surface area contributed by atoms with Gasteiger partial charge in [0.25, 0.3) is 0 Å². The van der Waals surface area contributed by atoms with Crippen LogP contribution < -0.4 is 4.90 Å². The summed E-state index contributed by atoms with van der Waals surface area (Å²) in [4.78, 5) is 17.1. The van der Waals surface area contributed by atoms with E-state index in [2.05, 4.69) is 18.7 Å². The third kappa shape index (κ3) is 3.67. The molecule has 2 fully saturated rings. The standard InChI is InChI=1S/C23H29FN2O2/c1-16-7-8-20(28-16)9-10-22(27)25-12-11-21-17(15-25)14-23(2,3)26(21)19-6-4-5-18(24)13-19/h4-8,13,17,21H,9-12,14-15H2,1-3H3/t17-,21+/m1/s1. The van der Waals surface area contributed by atoms with Gasteiger partial charge in [0.15, 0.2) is 0 Å². The van der Waals surface area contributed by atoms with Crippen molar-refractivity contribution in [2.75, 3.05) is 18.0 Å². The Balaban J connectivity index is 1.42. The van der Waals surface area contributed by atoms with E-state index in [1.165, 1.54) is 6.07 Å². The molecule has 2 atom stereocenters. The number of likely N-dealkylation sites (tertiary alicyclic amines) is 1. The topological polar surface area (TPSA) is 36.7 Å². The van der Waals surface area contributed by atoms with Crippen molar-refractivity contribution in [3.63, 3.8) is 0 Å². The zero-order valence-electron chi connectivity index (χ0n) is 17.0. The molecule has 1 aromatic heterocycles. The number of hydrogen-bond acceptors (Lipinski definition) is 3. The van der Waals surface area contributed by atoms with Crippen LogP contribution in [0.2, 0.25) is 0 Å². The maximum atomic E-state index is 13.8. The van der Waals surface area contributed by atoms with Crippen molar-refractivity contribution >= 4 is 11.6 Å². The average molecular weight is 384 g/mol. The van der Waals surface area contributed by atoms with Gasteiger partial charge in [0.1, 0.15) is 17.3 Å². The first-order valence-electron chi connectivity index (χ1n) is 10.2. The molecule has 3 heterocycles. The van der Waals surface area contributed by atoms with Gasteiger partial charge in [0.2, 0.25) is 5.91 Å². The number of hydrogen-bond donors (Lipinski definition) is 0. The van der Waals surface area contributed by atoms with Crippen LogP contribution in [0.15, 0.2) is 40.8 Å². The summed E-state index contributed by atoms with van der Waals surface area (Å²) < 4.78 is 19.4. The minimum atomic E-state index is -0.197. The molecule has 0 saturated carbocycles. The van der Waals surface area contributed by atoms with Gasteiger partial charge in [-0.05, 0) is 69.9 Å². The Morgan fingerprint density at radius 1 is 1.29 bits per heavy atom. The Bertz CT molecular complexity index is 860. The second-order valence-corrected chi connectivity index (χ2v) is 8.83. The Kier molecular flexibility index (Phi) is 4.94. The van der Waals surface area contributed by atoms with Crippen LogP contribution in [-0.2, 0) is 11.2 Å². The molecular weight excluding hydrogens is 355 g/mol. The summed E-state index contributed by atoms with van der Waals surface area (Å²) in [6, 6.07) is 11.1. The molecule has 2 aromatic rings. The molecule has 0 radical (unpaired) electrons. The van der Waals surface area contributed by atoms with Gasteiger partial charge in [-0.2, -0.15) is 0 Å². The van der Waals surface area contributed by atoms with E-state index in [0.717, 1.165) is 43.1 Å². The first kappa shape index (κ1) is 19.0. The number of benzene rings is 1. The molecule has 0 bridgehead atoms. The maximum Gasteiger partial charge on any atom is 0.223 e. The van der Waals surface area contributed by atoms with Crippen molar-refractivity contribution in [1.82, 2.24) is 4.90 Å². The summed E-state index contributed by atoms with van der Waals surface area (Å²) in [5, 5.41) is 0. The average Bonchev–Trinajstić information content (AvgIpc) is 3.17. The summed E-state index contributed by atoms with van der Waals surface area (Å²) in [6.07, 6.45) is 3.07. The number of anilines is 1. The lowest BCUT2D eigenvalue weighted by Gasteiger charge is -2.42. The summed E-state index contributed by atoms with van der Waals surface area (Å²) in [5.41, 5.74) is 0.902. The molecule has 1 aromatic carbocycles. The fraction of sp³-hybridized carbons (Fsp3) is 0.522. The minimum Gasteiger partial charge on any atom is -0.466 e.